The van der Waals surface area contributed by atoms with Gasteiger partial charge in [0.05, 0.1) is 12.6 Å². The summed E-state index contributed by atoms with van der Waals surface area (Å²) in [5.74, 6) is 0.188. The van der Waals surface area contributed by atoms with Crippen LogP contribution >= 0.6 is 0 Å². The highest BCUT2D eigenvalue weighted by Crippen LogP contribution is 2.29. The molecule has 0 atom stereocenters. The molecule has 1 saturated heterocycles. The first-order chi connectivity index (χ1) is 11.8. The zero-order valence-corrected chi connectivity index (χ0v) is 14.2. The fraction of sp³-hybridized carbons (Fsp3) is 0.350. The molecule has 0 aliphatic carbocycles. The number of rotatable bonds is 5. The Morgan fingerprint density at radius 2 is 1.42 bits per heavy atom. The molecule has 4 heteroatoms. The largest absolute Gasteiger partial charge is 0.339 e. The summed E-state index contributed by atoms with van der Waals surface area (Å²) < 4.78 is 0. The average molecular weight is 323 g/mol. The quantitative estimate of drug-likeness (QED) is 0.916. The van der Waals surface area contributed by atoms with E-state index in [0.717, 1.165) is 26.2 Å². The molecule has 0 radical (unpaired) electrons. The Hall–Kier alpha value is -2.17. The predicted octanol–water partition coefficient (Wildman–Crippen LogP) is 2.14. The molecule has 1 aliphatic rings. The van der Waals surface area contributed by atoms with Crippen molar-refractivity contribution < 1.29 is 4.79 Å². The third kappa shape index (κ3) is 3.83. The van der Waals surface area contributed by atoms with Crippen molar-refractivity contribution >= 4 is 5.91 Å². The summed E-state index contributed by atoms with van der Waals surface area (Å²) in [5, 5.41) is 2.95. The van der Waals surface area contributed by atoms with Crippen molar-refractivity contribution in [1.29, 1.82) is 0 Å². The zero-order valence-electron chi connectivity index (χ0n) is 14.2. The fourth-order valence-electron chi connectivity index (χ4n) is 3.38. The van der Waals surface area contributed by atoms with Crippen LogP contribution in [0.4, 0.5) is 0 Å². The van der Waals surface area contributed by atoms with Gasteiger partial charge in [0.1, 0.15) is 0 Å². The van der Waals surface area contributed by atoms with Gasteiger partial charge in [0.2, 0.25) is 5.91 Å². The van der Waals surface area contributed by atoms with Crippen LogP contribution in [-0.2, 0) is 4.79 Å². The van der Waals surface area contributed by atoms with Crippen LogP contribution < -0.4 is 5.32 Å². The highest BCUT2D eigenvalue weighted by atomic mass is 16.2. The van der Waals surface area contributed by atoms with Gasteiger partial charge in [0.25, 0.3) is 0 Å². The van der Waals surface area contributed by atoms with E-state index in [-0.39, 0.29) is 11.9 Å². The maximum absolute atomic E-state index is 12.1. The number of hydrogen-bond acceptors (Lipinski definition) is 3. The molecular weight excluding hydrogens is 298 g/mol. The summed E-state index contributed by atoms with van der Waals surface area (Å²) in [6, 6.07) is 21.5. The van der Waals surface area contributed by atoms with Gasteiger partial charge in [-0.25, -0.2) is 0 Å². The van der Waals surface area contributed by atoms with Crippen molar-refractivity contribution in [2.75, 3.05) is 39.8 Å². The van der Waals surface area contributed by atoms with Crippen LogP contribution in [0, 0.1) is 0 Å². The van der Waals surface area contributed by atoms with E-state index in [4.69, 9.17) is 0 Å². The topological polar surface area (TPSA) is 35.6 Å². The molecular formula is C20H25N3O. The minimum atomic E-state index is 0.188. The summed E-state index contributed by atoms with van der Waals surface area (Å²) in [7, 11) is 1.81. The van der Waals surface area contributed by atoms with E-state index in [1.54, 1.807) is 0 Å². The number of carbonyl (C=O) groups is 1. The molecule has 1 heterocycles. The van der Waals surface area contributed by atoms with Crippen LogP contribution in [0.5, 0.6) is 0 Å². The number of piperazine rings is 1. The molecule has 0 unspecified atom stereocenters. The van der Waals surface area contributed by atoms with E-state index in [1.165, 1.54) is 11.1 Å². The number of benzene rings is 2. The van der Waals surface area contributed by atoms with Gasteiger partial charge in [-0.05, 0) is 18.2 Å². The maximum atomic E-state index is 12.1. The maximum Gasteiger partial charge on any atom is 0.236 e. The SMILES string of the molecule is CNCC(=O)N1CCN(C(c2ccccc2)c2ccccc2)CC1. The number of carbonyl (C=O) groups excluding carboxylic acids is 1. The Morgan fingerprint density at radius 3 is 1.88 bits per heavy atom. The van der Waals surface area contributed by atoms with E-state index in [1.807, 2.05) is 11.9 Å². The summed E-state index contributed by atoms with van der Waals surface area (Å²) in [4.78, 5) is 16.5. The number of nitrogens with one attached hydrogen (secondary N) is 1. The molecule has 126 valence electrons. The Bertz CT molecular complexity index is 597. The van der Waals surface area contributed by atoms with Crippen LogP contribution in [0.3, 0.4) is 0 Å². The fourth-order valence-corrected chi connectivity index (χ4v) is 3.38. The first-order valence-electron chi connectivity index (χ1n) is 8.56. The zero-order chi connectivity index (χ0) is 16.8. The van der Waals surface area contributed by atoms with Crippen molar-refractivity contribution in [3.05, 3.63) is 71.8 Å². The van der Waals surface area contributed by atoms with Crippen molar-refractivity contribution in [2.24, 2.45) is 0 Å². The van der Waals surface area contributed by atoms with Crippen LogP contribution in [0.2, 0.25) is 0 Å². The third-order valence-corrected chi connectivity index (χ3v) is 4.59. The van der Waals surface area contributed by atoms with Crippen molar-refractivity contribution in [3.63, 3.8) is 0 Å². The smallest absolute Gasteiger partial charge is 0.236 e. The molecule has 1 fully saturated rings. The second-order valence-corrected chi connectivity index (χ2v) is 6.17. The summed E-state index contributed by atoms with van der Waals surface area (Å²) in [5.41, 5.74) is 2.61. The second kappa shape index (κ2) is 8.08. The number of amides is 1. The molecule has 0 spiro atoms. The molecule has 3 rings (SSSR count). The second-order valence-electron chi connectivity index (χ2n) is 6.17. The third-order valence-electron chi connectivity index (χ3n) is 4.59. The van der Waals surface area contributed by atoms with E-state index < -0.39 is 0 Å². The molecule has 0 saturated carbocycles. The number of likely N-dealkylation sites (N-methyl/N-ethyl adjacent to an activating group) is 1. The van der Waals surface area contributed by atoms with Gasteiger partial charge in [-0.15, -0.1) is 0 Å². The molecule has 24 heavy (non-hydrogen) atoms. The lowest BCUT2D eigenvalue weighted by molar-refractivity contribution is -0.132. The van der Waals surface area contributed by atoms with Crippen LogP contribution in [0.1, 0.15) is 17.2 Å². The van der Waals surface area contributed by atoms with E-state index in [0.29, 0.717) is 6.54 Å². The number of nitrogens with zero attached hydrogens (tertiary/aromatic N) is 2. The molecule has 2 aromatic carbocycles. The van der Waals surface area contributed by atoms with Gasteiger partial charge >= 0.3 is 0 Å². The molecule has 0 aromatic heterocycles. The standard InChI is InChI=1S/C20H25N3O/c1-21-16-19(24)22-12-14-23(15-13-22)20(17-8-4-2-5-9-17)18-10-6-3-7-11-18/h2-11,20-21H,12-16H2,1H3. The van der Waals surface area contributed by atoms with Crippen molar-refractivity contribution in [2.45, 2.75) is 6.04 Å². The molecule has 4 nitrogen and oxygen atoms in total. The van der Waals surface area contributed by atoms with Gasteiger partial charge in [-0.3, -0.25) is 9.69 Å². The minimum absolute atomic E-state index is 0.188. The molecule has 2 aromatic rings. The van der Waals surface area contributed by atoms with E-state index in [2.05, 4.69) is 70.9 Å². The van der Waals surface area contributed by atoms with Crippen LogP contribution in [0.25, 0.3) is 0 Å². The van der Waals surface area contributed by atoms with Crippen molar-refractivity contribution in [3.8, 4) is 0 Å². The number of hydrogen-bond donors (Lipinski definition) is 1. The average Bonchev–Trinajstić information content (AvgIpc) is 2.64. The summed E-state index contributed by atoms with van der Waals surface area (Å²) in [6.07, 6.45) is 0. The Kier molecular flexibility index (Phi) is 5.62. The summed E-state index contributed by atoms with van der Waals surface area (Å²) in [6.45, 7) is 3.78. The van der Waals surface area contributed by atoms with E-state index in [9.17, 15) is 4.79 Å². The van der Waals surface area contributed by atoms with Gasteiger partial charge in [0, 0.05) is 26.2 Å². The molecule has 0 bridgehead atoms. The predicted molar refractivity (Wildman–Crippen MR) is 96.8 cm³/mol. The van der Waals surface area contributed by atoms with Crippen LogP contribution in [0.15, 0.2) is 60.7 Å². The highest BCUT2D eigenvalue weighted by Gasteiger charge is 2.27. The highest BCUT2D eigenvalue weighted by molar-refractivity contribution is 5.78. The first kappa shape index (κ1) is 16.7. The van der Waals surface area contributed by atoms with Gasteiger partial charge in [0.15, 0.2) is 0 Å². The lowest BCUT2D eigenvalue weighted by atomic mass is 9.96. The Balaban J connectivity index is 1.77. The Labute approximate surface area is 144 Å². The van der Waals surface area contributed by atoms with Crippen molar-refractivity contribution in [1.82, 2.24) is 15.1 Å². The van der Waals surface area contributed by atoms with Gasteiger partial charge < -0.3 is 10.2 Å². The first-order valence-corrected chi connectivity index (χ1v) is 8.56. The summed E-state index contributed by atoms with van der Waals surface area (Å²) >= 11 is 0. The van der Waals surface area contributed by atoms with Gasteiger partial charge in [-0.2, -0.15) is 0 Å². The normalized spacial score (nSPS) is 15.7. The Morgan fingerprint density at radius 1 is 0.917 bits per heavy atom. The monoisotopic (exact) mass is 323 g/mol. The molecule has 1 N–H and O–H groups in total. The lowest BCUT2D eigenvalue weighted by Gasteiger charge is -2.39. The van der Waals surface area contributed by atoms with Gasteiger partial charge in [-0.1, -0.05) is 60.7 Å². The van der Waals surface area contributed by atoms with E-state index >= 15 is 0 Å². The van der Waals surface area contributed by atoms with Crippen LogP contribution in [-0.4, -0.2) is 55.5 Å². The lowest BCUT2D eigenvalue weighted by Crippen LogP contribution is -2.51. The molecule has 1 aliphatic heterocycles. The minimum Gasteiger partial charge on any atom is -0.339 e. The molecule has 1 amide bonds.